The molecular weight excluding hydrogens is 232 g/mol. The fraction of sp³-hybridized carbons (Fsp3) is 0.385. The van der Waals surface area contributed by atoms with E-state index in [0.717, 1.165) is 11.3 Å². The molecule has 0 aromatic heterocycles. The average molecular weight is 248 g/mol. The van der Waals surface area contributed by atoms with Crippen LogP contribution in [0.25, 0.3) is 0 Å². The van der Waals surface area contributed by atoms with Crippen molar-refractivity contribution in [2.75, 3.05) is 19.1 Å². The zero-order valence-corrected chi connectivity index (χ0v) is 10.5. The zero-order chi connectivity index (χ0) is 13.1. The third-order valence-electron chi connectivity index (χ3n) is 2.94. The van der Waals surface area contributed by atoms with E-state index in [4.69, 9.17) is 4.74 Å². The molecule has 0 spiro atoms. The Bertz CT molecular complexity index is 469. The van der Waals surface area contributed by atoms with Gasteiger partial charge in [-0.25, -0.2) is 0 Å². The number of likely N-dealkylation sites (tertiary alicyclic amines) is 1. The predicted molar refractivity (Wildman–Crippen MR) is 67.3 cm³/mol. The molecular formula is C13H16N2O3. The number of aryl methyl sites for hydroxylation is 1. The van der Waals surface area contributed by atoms with Crippen molar-refractivity contribution in [3.05, 3.63) is 23.8 Å². The number of hydrogen-bond acceptors (Lipinski definition) is 4. The van der Waals surface area contributed by atoms with Crippen LogP contribution < -0.4 is 10.1 Å². The van der Waals surface area contributed by atoms with Crippen molar-refractivity contribution < 1.29 is 14.3 Å². The lowest BCUT2D eigenvalue weighted by molar-refractivity contribution is -0.137. The van der Waals surface area contributed by atoms with E-state index >= 15 is 0 Å². The summed E-state index contributed by atoms with van der Waals surface area (Å²) in [7, 11) is 1.59. The van der Waals surface area contributed by atoms with E-state index in [1.54, 1.807) is 7.11 Å². The minimum atomic E-state index is -0.126. The first-order valence-corrected chi connectivity index (χ1v) is 5.83. The molecule has 5 nitrogen and oxygen atoms in total. The number of hydrogen-bond donors (Lipinski definition) is 1. The third-order valence-corrected chi connectivity index (χ3v) is 2.94. The predicted octanol–water partition coefficient (Wildman–Crippen LogP) is 1.52. The quantitative estimate of drug-likeness (QED) is 0.821. The summed E-state index contributed by atoms with van der Waals surface area (Å²) in [5.41, 5.74) is 1.86. The highest BCUT2D eigenvalue weighted by Crippen LogP contribution is 2.25. The summed E-state index contributed by atoms with van der Waals surface area (Å²) in [6, 6.07) is 5.72. The molecule has 2 rings (SSSR count). The zero-order valence-electron chi connectivity index (χ0n) is 10.5. The smallest absolute Gasteiger partial charge is 0.231 e. The van der Waals surface area contributed by atoms with Gasteiger partial charge in [0.15, 0.2) is 0 Å². The number of anilines is 1. The molecule has 0 atom stereocenters. The van der Waals surface area contributed by atoms with Gasteiger partial charge in [0.05, 0.1) is 19.5 Å². The lowest BCUT2D eigenvalue weighted by Gasteiger charge is -2.17. The summed E-state index contributed by atoms with van der Waals surface area (Å²) in [4.78, 5) is 24.1. The van der Waals surface area contributed by atoms with E-state index in [1.165, 1.54) is 4.90 Å². The second kappa shape index (κ2) is 5.08. The molecule has 1 aliphatic heterocycles. The number of methoxy groups -OCH3 is 1. The van der Waals surface area contributed by atoms with Crippen LogP contribution in [0.2, 0.25) is 0 Å². The summed E-state index contributed by atoms with van der Waals surface area (Å²) in [5.74, 6) is 0.450. The summed E-state index contributed by atoms with van der Waals surface area (Å²) in [6.07, 6.45) is 0.622. The lowest BCUT2D eigenvalue weighted by atomic mass is 10.2. The van der Waals surface area contributed by atoms with Crippen LogP contribution in [0.5, 0.6) is 5.75 Å². The van der Waals surface area contributed by atoms with E-state index in [-0.39, 0.29) is 18.5 Å². The van der Waals surface area contributed by atoms with Gasteiger partial charge in [-0.15, -0.1) is 0 Å². The van der Waals surface area contributed by atoms with Crippen LogP contribution in [0.1, 0.15) is 18.4 Å². The van der Waals surface area contributed by atoms with Crippen LogP contribution in [0, 0.1) is 6.92 Å². The molecule has 1 aromatic carbocycles. The molecule has 1 N–H and O–H groups in total. The Morgan fingerprint density at radius 2 is 1.94 bits per heavy atom. The number of carbonyl (C=O) groups excluding carboxylic acids is 2. The maximum atomic E-state index is 11.4. The van der Waals surface area contributed by atoms with Gasteiger partial charge in [-0.1, -0.05) is 6.07 Å². The van der Waals surface area contributed by atoms with Crippen molar-refractivity contribution in [3.63, 3.8) is 0 Å². The van der Waals surface area contributed by atoms with Crippen LogP contribution in [0.15, 0.2) is 18.2 Å². The fourth-order valence-electron chi connectivity index (χ4n) is 1.91. The topological polar surface area (TPSA) is 58.6 Å². The molecule has 18 heavy (non-hydrogen) atoms. The number of imide groups is 1. The molecule has 0 radical (unpaired) electrons. The molecule has 1 aliphatic rings. The van der Waals surface area contributed by atoms with E-state index in [0.29, 0.717) is 18.6 Å². The molecule has 0 bridgehead atoms. The Kier molecular flexibility index (Phi) is 3.50. The van der Waals surface area contributed by atoms with Gasteiger partial charge in [0, 0.05) is 12.8 Å². The Morgan fingerprint density at radius 1 is 1.28 bits per heavy atom. The van der Waals surface area contributed by atoms with Crippen molar-refractivity contribution in [1.29, 1.82) is 0 Å². The maximum Gasteiger partial charge on any atom is 0.231 e. The van der Waals surface area contributed by atoms with Crippen molar-refractivity contribution in [1.82, 2.24) is 4.90 Å². The monoisotopic (exact) mass is 248 g/mol. The van der Waals surface area contributed by atoms with Gasteiger partial charge < -0.3 is 10.1 Å². The van der Waals surface area contributed by atoms with Crippen LogP contribution in [-0.2, 0) is 9.59 Å². The highest BCUT2D eigenvalue weighted by molar-refractivity contribution is 6.02. The highest BCUT2D eigenvalue weighted by atomic mass is 16.5. The molecule has 1 heterocycles. The average Bonchev–Trinajstić information content (AvgIpc) is 2.68. The first kappa shape index (κ1) is 12.4. The molecule has 96 valence electrons. The number of carbonyl (C=O) groups is 2. The van der Waals surface area contributed by atoms with Gasteiger partial charge in [0.25, 0.3) is 0 Å². The van der Waals surface area contributed by atoms with Crippen LogP contribution in [-0.4, -0.2) is 30.5 Å². The van der Waals surface area contributed by atoms with Crippen LogP contribution >= 0.6 is 0 Å². The van der Waals surface area contributed by atoms with Gasteiger partial charge in [-0.3, -0.25) is 14.5 Å². The Morgan fingerprint density at radius 3 is 2.56 bits per heavy atom. The van der Waals surface area contributed by atoms with Crippen LogP contribution in [0.3, 0.4) is 0 Å². The second-order valence-electron chi connectivity index (χ2n) is 4.25. The van der Waals surface area contributed by atoms with Gasteiger partial charge in [0.2, 0.25) is 11.8 Å². The standard InChI is InChI=1S/C13H16N2O3/c1-9-3-4-10(11(7-9)18-2)14-8-15-12(16)5-6-13(15)17/h3-4,7,14H,5-6,8H2,1-2H3. The molecule has 1 aromatic rings. The number of benzene rings is 1. The SMILES string of the molecule is COc1cc(C)ccc1NCN1C(=O)CCC1=O. The highest BCUT2D eigenvalue weighted by Gasteiger charge is 2.28. The summed E-state index contributed by atoms with van der Waals surface area (Å²) in [6.45, 7) is 2.16. The Hall–Kier alpha value is -2.04. The van der Waals surface area contributed by atoms with E-state index in [9.17, 15) is 9.59 Å². The number of ether oxygens (including phenoxy) is 1. The summed E-state index contributed by atoms with van der Waals surface area (Å²) < 4.78 is 5.24. The van der Waals surface area contributed by atoms with Gasteiger partial charge in [-0.2, -0.15) is 0 Å². The number of rotatable bonds is 4. The molecule has 1 fully saturated rings. The Labute approximate surface area is 106 Å². The van der Waals surface area contributed by atoms with Gasteiger partial charge >= 0.3 is 0 Å². The van der Waals surface area contributed by atoms with Crippen molar-refractivity contribution in [2.45, 2.75) is 19.8 Å². The summed E-state index contributed by atoms with van der Waals surface area (Å²) in [5, 5.41) is 3.05. The Balaban J connectivity index is 2.06. The van der Waals surface area contributed by atoms with Crippen molar-refractivity contribution in [3.8, 4) is 5.75 Å². The number of amides is 2. The normalized spacial score (nSPS) is 15.1. The first-order valence-electron chi connectivity index (χ1n) is 5.83. The molecule has 2 amide bonds. The van der Waals surface area contributed by atoms with E-state index in [1.807, 2.05) is 25.1 Å². The van der Waals surface area contributed by atoms with Gasteiger partial charge in [-0.05, 0) is 24.6 Å². The number of nitrogens with one attached hydrogen (secondary N) is 1. The molecule has 0 unspecified atom stereocenters. The molecule has 1 saturated heterocycles. The molecule has 0 aliphatic carbocycles. The largest absolute Gasteiger partial charge is 0.495 e. The lowest BCUT2D eigenvalue weighted by Crippen LogP contribution is -2.33. The molecule has 0 saturated carbocycles. The fourth-order valence-corrected chi connectivity index (χ4v) is 1.91. The second-order valence-corrected chi connectivity index (χ2v) is 4.25. The van der Waals surface area contributed by atoms with E-state index in [2.05, 4.69) is 5.32 Å². The van der Waals surface area contributed by atoms with Crippen molar-refractivity contribution in [2.24, 2.45) is 0 Å². The number of nitrogens with zero attached hydrogens (tertiary/aromatic N) is 1. The maximum absolute atomic E-state index is 11.4. The minimum absolute atomic E-state index is 0.126. The third kappa shape index (κ3) is 2.45. The molecule has 5 heteroatoms. The first-order chi connectivity index (χ1) is 8.61. The van der Waals surface area contributed by atoms with Crippen LogP contribution in [0.4, 0.5) is 5.69 Å². The van der Waals surface area contributed by atoms with E-state index < -0.39 is 0 Å². The van der Waals surface area contributed by atoms with Gasteiger partial charge in [0.1, 0.15) is 5.75 Å². The summed E-state index contributed by atoms with van der Waals surface area (Å²) >= 11 is 0. The van der Waals surface area contributed by atoms with Crippen molar-refractivity contribution >= 4 is 17.5 Å². The minimum Gasteiger partial charge on any atom is -0.495 e.